The zero-order valence-electron chi connectivity index (χ0n) is 10.9. The number of amides is 1. The van der Waals surface area contributed by atoms with E-state index < -0.39 is 10.5 Å². The van der Waals surface area contributed by atoms with E-state index in [4.69, 9.17) is 0 Å². The van der Waals surface area contributed by atoms with Gasteiger partial charge in [-0.3, -0.25) is 4.79 Å². The first-order valence-corrected chi connectivity index (χ1v) is 6.90. The number of anilines is 1. The summed E-state index contributed by atoms with van der Waals surface area (Å²) in [5.41, 5.74) is 0.355. The minimum atomic E-state index is -5.02. The van der Waals surface area contributed by atoms with E-state index >= 15 is 0 Å². The summed E-state index contributed by atoms with van der Waals surface area (Å²) in [5.74, 6) is -0.310. The quantitative estimate of drug-likeness (QED) is 0.865. The van der Waals surface area contributed by atoms with Crippen molar-refractivity contribution in [3.63, 3.8) is 0 Å². The molecule has 0 saturated carbocycles. The van der Waals surface area contributed by atoms with E-state index in [1.165, 1.54) is 24.3 Å². The first kappa shape index (κ1) is 15.4. The molecule has 0 bridgehead atoms. The van der Waals surface area contributed by atoms with Crippen LogP contribution in [0.2, 0.25) is 0 Å². The van der Waals surface area contributed by atoms with Crippen LogP contribution in [0.1, 0.15) is 27.2 Å². The van der Waals surface area contributed by atoms with Gasteiger partial charge in [0.15, 0.2) is 0 Å². The highest BCUT2D eigenvalue weighted by molar-refractivity contribution is 7.81. The van der Waals surface area contributed by atoms with E-state index in [-0.39, 0.29) is 17.1 Å². The molecule has 0 saturated heterocycles. The van der Waals surface area contributed by atoms with Gasteiger partial charge in [0.2, 0.25) is 5.91 Å². The molecular weight excluding hydrogens is 273 g/mol. The molecule has 0 spiro atoms. The number of nitrogens with one attached hydrogen (secondary N) is 1. The number of halogens is 1. The van der Waals surface area contributed by atoms with Crippen LogP contribution >= 0.6 is 0 Å². The maximum absolute atomic E-state index is 12.3. The molecule has 0 atom stereocenters. The van der Waals surface area contributed by atoms with Crippen LogP contribution < -0.4 is 9.50 Å². The molecule has 0 fully saturated rings. The Labute approximate surface area is 112 Å². The fourth-order valence-electron chi connectivity index (χ4n) is 1.40. The van der Waals surface area contributed by atoms with Crippen LogP contribution in [0.3, 0.4) is 0 Å². The summed E-state index contributed by atoms with van der Waals surface area (Å²) in [6.45, 7) is 5.82. The molecule has 7 heteroatoms. The van der Waals surface area contributed by atoms with E-state index in [1.807, 2.05) is 20.8 Å². The lowest BCUT2D eigenvalue weighted by molar-refractivity contribution is -0.117. The zero-order valence-corrected chi connectivity index (χ0v) is 11.8. The lowest BCUT2D eigenvalue weighted by Gasteiger charge is -2.17. The summed E-state index contributed by atoms with van der Waals surface area (Å²) in [6.07, 6.45) is 0.351. The van der Waals surface area contributed by atoms with Crippen LogP contribution in [0.5, 0.6) is 5.75 Å². The molecule has 1 rings (SSSR count). The Kier molecular flexibility index (Phi) is 4.52. The Morgan fingerprint density at radius 2 is 1.79 bits per heavy atom. The molecule has 0 radical (unpaired) electrons. The van der Waals surface area contributed by atoms with Gasteiger partial charge in [0.05, 0.1) is 0 Å². The summed E-state index contributed by atoms with van der Waals surface area (Å²) >= 11 is 0. The van der Waals surface area contributed by atoms with Gasteiger partial charge in [0.25, 0.3) is 0 Å². The molecule has 1 N–H and O–H groups in total. The number of carbonyl (C=O) groups is 1. The number of carbonyl (C=O) groups excluding carboxylic acids is 1. The predicted octanol–water partition coefficient (Wildman–Crippen LogP) is 2.65. The Morgan fingerprint density at radius 3 is 2.21 bits per heavy atom. The second-order valence-electron chi connectivity index (χ2n) is 5.29. The fourth-order valence-corrected chi connectivity index (χ4v) is 1.74. The molecule has 1 amide bonds. The van der Waals surface area contributed by atoms with Crippen molar-refractivity contribution in [1.82, 2.24) is 0 Å². The molecule has 0 unspecified atom stereocenters. The Balaban J connectivity index is 2.65. The van der Waals surface area contributed by atoms with Crippen molar-refractivity contribution in [2.75, 3.05) is 5.32 Å². The van der Waals surface area contributed by atoms with Crippen molar-refractivity contribution in [2.24, 2.45) is 5.41 Å². The molecule has 5 nitrogen and oxygen atoms in total. The number of benzene rings is 1. The molecule has 1 aromatic carbocycles. The molecule has 106 valence electrons. The first-order chi connectivity index (χ1) is 8.55. The summed E-state index contributed by atoms with van der Waals surface area (Å²) < 4.78 is 36.8. The predicted molar refractivity (Wildman–Crippen MR) is 69.8 cm³/mol. The van der Waals surface area contributed by atoms with E-state index in [0.29, 0.717) is 12.1 Å². The van der Waals surface area contributed by atoms with Gasteiger partial charge >= 0.3 is 10.5 Å². The summed E-state index contributed by atoms with van der Waals surface area (Å²) in [7, 11) is -5.02. The summed E-state index contributed by atoms with van der Waals surface area (Å²) in [5, 5.41) is 2.65. The minimum Gasteiger partial charge on any atom is -0.358 e. The van der Waals surface area contributed by atoms with Crippen LogP contribution in [0.4, 0.5) is 9.57 Å². The van der Waals surface area contributed by atoms with Crippen molar-refractivity contribution in [3.05, 3.63) is 24.3 Å². The molecular formula is C12H16FNO4S. The molecule has 1 aromatic rings. The highest BCUT2D eigenvalue weighted by atomic mass is 32.3. The molecule has 19 heavy (non-hydrogen) atoms. The maximum Gasteiger partial charge on any atom is 0.488 e. The van der Waals surface area contributed by atoms with Crippen LogP contribution in [0.25, 0.3) is 0 Å². The van der Waals surface area contributed by atoms with Gasteiger partial charge in [-0.15, -0.1) is 0 Å². The van der Waals surface area contributed by atoms with Crippen molar-refractivity contribution in [2.45, 2.75) is 27.2 Å². The Hall–Kier alpha value is -1.63. The Bertz CT molecular complexity index is 546. The van der Waals surface area contributed by atoms with Gasteiger partial charge < -0.3 is 9.50 Å². The lowest BCUT2D eigenvalue weighted by Crippen LogP contribution is -2.19. The zero-order chi connectivity index (χ0) is 14.7. The van der Waals surface area contributed by atoms with Gasteiger partial charge in [-0.1, -0.05) is 24.7 Å². The number of rotatable bonds is 4. The van der Waals surface area contributed by atoms with Gasteiger partial charge in [0.1, 0.15) is 5.75 Å². The summed E-state index contributed by atoms with van der Waals surface area (Å²) in [6, 6.07) is 5.37. The number of hydrogen-bond acceptors (Lipinski definition) is 4. The third-order valence-electron chi connectivity index (χ3n) is 2.02. The van der Waals surface area contributed by atoms with Gasteiger partial charge in [0, 0.05) is 12.1 Å². The van der Waals surface area contributed by atoms with Crippen LogP contribution in [0, 0.1) is 5.41 Å². The fraction of sp³-hybridized carbons (Fsp3) is 0.417. The average Bonchev–Trinajstić information content (AvgIpc) is 2.15. The smallest absolute Gasteiger partial charge is 0.358 e. The third-order valence-corrected chi connectivity index (χ3v) is 2.42. The second-order valence-corrected chi connectivity index (χ2v) is 6.24. The van der Waals surface area contributed by atoms with Crippen molar-refractivity contribution >= 4 is 22.1 Å². The van der Waals surface area contributed by atoms with E-state index in [2.05, 4.69) is 9.50 Å². The van der Waals surface area contributed by atoms with Crippen molar-refractivity contribution in [3.8, 4) is 5.75 Å². The van der Waals surface area contributed by atoms with Gasteiger partial charge in [-0.25, -0.2) is 0 Å². The molecule has 0 aliphatic rings. The van der Waals surface area contributed by atoms with Crippen molar-refractivity contribution in [1.29, 1.82) is 0 Å². The van der Waals surface area contributed by atoms with Crippen LogP contribution in [-0.4, -0.2) is 14.3 Å². The van der Waals surface area contributed by atoms with Gasteiger partial charge in [-0.05, 0) is 29.7 Å². The standard InChI is InChI=1S/C12H16FNO4S/c1-12(2,3)8-11(15)14-9-4-6-10(7-5-9)18-19(13,16)17/h4-7H,8H2,1-3H3,(H,14,15). The second kappa shape index (κ2) is 5.56. The van der Waals surface area contributed by atoms with E-state index in [9.17, 15) is 17.1 Å². The molecule has 0 aliphatic carbocycles. The topological polar surface area (TPSA) is 72.5 Å². The molecule has 0 heterocycles. The van der Waals surface area contributed by atoms with Gasteiger partial charge in [-0.2, -0.15) is 8.42 Å². The minimum absolute atomic E-state index is 0.130. The molecule has 0 aromatic heterocycles. The van der Waals surface area contributed by atoms with Crippen LogP contribution in [0.15, 0.2) is 24.3 Å². The first-order valence-electron chi connectivity index (χ1n) is 5.59. The van der Waals surface area contributed by atoms with Crippen LogP contribution in [-0.2, 0) is 15.3 Å². The highest BCUT2D eigenvalue weighted by Gasteiger charge is 2.16. The van der Waals surface area contributed by atoms with E-state index in [0.717, 1.165) is 0 Å². The lowest BCUT2D eigenvalue weighted by atomic mass is 9.92. The molecule has 0 aliphatic heterocycles. The third kappa shape index (κ3) is 6.76. The summed E-state index contributed by atoms with van der Waals surface area (Å²) in [4.78, 5) is 11.6. The number of hydrogen-bond donors (Lipinski definition) is 1. The highest BCUT2D eigenvalue weighted by Crippen LogP contribution is 2.21. The van der Waals surface area contributed by atoms with Crippen molar-refractivity contribution < 1.29 is 21.3 Å². The average molecular weight is 289 g/mol. The Morgan fingerprint density at radius 1 is 1.26 bits per heavy atom. The maximum atomic E-state index is 12.3. The van der Waals surface area contributed by atoms with E-state index in [1.54, 1.807) is 0 Å². The monoisotopic (exact) mass is 289 g/mol. The normalized spacial score (nSPS) is 12.0. The SMILES string of the molecule is CC(C)(C)CC(=O)Nc1ccc(OS(=O)(=O)F)cc1. The largest absolute Gasteiger partial charge is 0.488 e.